The largest absolute Gasteiger partial charge is 0.379 e. The molecule has 0 aliphatic carbocycles. The van der Waals surface area contributed by atoms with E-state index in [9.17, 15) is 13.2 Å². The van der Waals surface area contributed by atoms with Gasteiger partial charge in [0.2, 0.25) is 10.0 Å². The molecule has 0 aromatic heterocycles. The van der Waals surface area contributed by atoms with Crippen LogP contribution in [0.5, 0.6) is 0 Å². The zero-order valence-corrected chi connectivity index (χ0v) is 16.7. The highest BCUT2D eigenvalue weighted by Gasteiger charge is 2.27. The summed E-state index contributed by atoms with van der Waals surface area (Å²) >= 11 is 0. The highest BCUT2D eigenvalue weighted by atomic mass is 32.2. The molecule has 1 atom stereocenters. The van der Waals surface area contributed by atoms with Crippen LogP contribution in [-0.4, -0.2) is 75.5 Å². The van der Waals surface area contributed by atoms with Crippen molar-refractivity contribution in [2.75, 3.05) is 45.9 Å². The van der Waals surface area contributed by atoms with Crippen LogP contribution in [0.4, 0.5) is 0 Å². The molecule has 0 spiro atoms. The Bertz CT molecular complexity index is 741. The second-order valence-electron chi connectivity index (χ2n) is 7.06. The SMILES string of the molecule is CCC(CNC(=O)c1cccc(S(=O)(=O)N2CCOCC2)c1)N1CCCC1. The van der Waals surface area contributed by atoms with Crippen LogP contribution < -0.4 is 5.32 Å². The summed E-state index contributed by atoms with van der Waals surface area (Å²) in [6.07, 6.45) is 3.41. The van der Waals surface area contributed by atoms with E-state index >= 15 is 0 Å². The zero-order chi connectivity index (χ0) is 19.3. The van der Waals surface area contributed by atoms with Crippen molar-refractivity contribution in [1.82, 2.24) is 14.5 Å². The molecule has 0 saturated carbocycles. The maximum Gasteiger partial charge on any atom is 0.251 e. The first kappa shape index (κ1) is 20.3. The lowest BCUT2D eigenvalue weighted by Crippen LogP contribution is -2.42. The molecule has 1 N–H and O–H groups in total. The molecule has 27 heavy (non-hydrogen) atoms. The van der Waals surface area contributed by atoms with E-state index in [0.717, 1.165) is 19.5 Å². The minimum atomic E-state index is -3.60. The molecule has 2 aliphatic heterocycles. The molecule has 1 aromatic rings. The van der Waals surface area contributed by atoms with Gasteiger partial charge in [-0.2, -0.15) is 4.31 Å². The normalized spacial score (nSPS) is 20.5. The van der Waals surface area contributed by atoms with Gasteiger partial charge in [0, 0.05) is 31.2 Å². The number of hydrogen-bond acceptors (Lipinski definition) is 5. The van der Waals surface area contributed by atoms with Gasteiger partial charge in [-0.25, -0.2) is 8.42 Å². The fourth-order valence-corrected chi connectivity index (χ4v) is 5.14. The van der Waals surface area contributed by atoms with E-state index in [-0.39, 0.29) is 10.8 Å². The van der Waals surface area contributed by atoms with E-state index in [1.54, 1.807) is 18.2 Å². The summed E-state index contributed by atoms with van der Waals surface area (Å²) in [7, 11) is -3.60. The predicted molar refractivity (Wildman–Crippen MR) is 103 cm³/mol. The van der Waals surface area contributed by atoms with Gasteiger partial charge in [-0.1, -0.05) is 13.0 Å². The van der Waals surface area contributed by atoms with Gasteiger partial charge in [0.25, 0.3) is 5.91 Å². The number of carbonyl (C=O) groups excluding carboxylic acids is 1. The molecule has 0 radical (unpaired) electrons. The zero-order valence-electron chi connectivity index (χ0n) is 15.9. The third-order valence-electron chi connectivity index (χ3n) is 5.33. The third-order valence-corrected chi connectivity index (χ3v) is 7.23. The fraction of sp³-hybridized carbons (Fsp3) is 0.632. The van der Waals surface area contributed by atoms with E-state index in [4.69, 9.17) is 4.74 Å². The summed E-state index contributed by atoms with van der Waals surface area (Å²) in [5.74, 6) is -0.230. The second kappa shape index (κ2) is 9.14. The molecule has 8 heteroatoms. The number of rotatable bonds is 7. The smallest absolute Gasteiger partial charge is 0.251 e. The molecule has 150 valence electrons. The number of carbonyl (C=O) groups is 1. The van der Waals surface area contributed by atoms with Crippen molar-refractivity contribution in [2.45, 2.75) is 37.1 Å². The van der Waals surface area contributed by atoms with Gasteiger partial charge in [0.05, 0.1) is 18.1 Å². The van der Waals surface area contributed by atoms with Crippen molar-refractivity contribution in [3.63, 3.8) is 0 Å². The number of morpholine rings is 1. The summed E-state index contributed by atoms with van der Waals surface area (Å²) in [4.78, 5) is 15.1. The highest BCUT2D eigenvalue weighted by molar-refractivity contribution is 7.89. The summed E-state index contributed by atoms with van der Waals surface area (Å²) in [5.41, 5.74) is 0.376. The second-order valence-corrected chi connectivity index (χ2v) is 9.00. The Balaban J connectivity index is 1.66. The first-order chi connectivity index (χ1) is 13.0. The van der Waals surface area contributed by atoms with Crippen molar-refractivity contribution in [3.8, 4) is 0 Å². The molecule has 2 aliphatic rings. The van der Waals surface area contributed by atoms with E-state index in [1.807, 2.05) is 0 Å². The average Bonchev–Trinajstić information content (AvgIpc) is 3.24. The number of hydrogen-bond donors (Lipinski definition) is 1. The molecule has 7 nitrogen and oxygen atoms in total. The van der Waals surface area contributed by atoms with Gasteiger partial charge in [0.15, 0.2) is 0 Å². The predicted octanol–water partition coefficient (Wildman–Crippen LogP) is 1.31. The van der Waals surface area contributed by atoms with Crippen LogP contribution in [0.1, 0.15) is 36.5 Å². The summed E-state index contributed by atoms with van der Waals surface area (Å²) in [5, 5.41) is 2.98. The number of nitrogens with zero attached hydrogens (tertiary/aromatic N) is 2. The Kier molecular flexibility index (Phi) is 6.86. The molecule has 0 bridgehead atoms. The summed E-state index contributed by atoms with van der Waals surface area (Å²) < 4.78 is 32.2. The summed E-state index contributed by atoms with van der Waals surface area (Å²) in [6, 6.07) is 6.62. The highest BCUT2D eigenvalue weighted by Crippen LogP contribution is 2.19. The van der Waals surface area contributed by atoms with Gasteiger partial charge in [-0.15, -0.1) is 0 Å². The van der Waals surface area contributed by atoms with Gasteiger partial charge in [-0.3, -0.25) is 9.69 Å². The molecule has 1 amide bonds. The van der Waals surface area contributed by atoms with Gasteiger partial charge >= 0.3 is 0 Å². The molecule has 1 unspecified atom stereocenters. The van der Waals surface area contributed by atoms with Gasteiger partial charge in [-0.05, 0) is 50.6 Å². The average molecular weight is 396 g/mol. The molecular formula is C19H29N3O4S. The third kappa shape index (κ3) is 4.87. The van der Waals surface area contributed by atoms with Crippen LogP contribution in [0.2, 0.25) is 0 Å². The first-order valence-electron chi connectivity index (χ1n) is 9.72. The van der Waals surface area contributed by atoms with Crippen molar-refractivity contribution >= 4 is 15.9 Å². The maximum atomic E-state index is 12.8. The van der Waals surface area contributed by atoms with E-state index in [2.05, 4.69) is 17.1 Å². The molecule has 2 fully saturated rings. The van der Waals surface area contributed by atoms with Gasteiger partial charge < -0.3 is 10.1 Å². The van der Waals surface area contributed by atoms with Crippen LogP contribution in [0.3, 0.4) is 0 Å². The van der Waals surface area contributed by atoms with E-state index in [0.29, 0.717) is 44.5 Å². The number of nitrogens with one attached hydrogen (secondary N) is 1. The Hall–Kier alpha value is -1.48. The summed E-state index contributed by atoms with van der Waals surface area (Å²) in [6.45, 7) is 6.35. The van der Waals surface area contributed by atoms with Crippen LogP contribution in [0, 0.1) is 0 Å². The van der Waals surface area contributed by atoms with Gasteiger partial charge in [0.1, 0.15) is 0 Å². The van der Waals surface area contributed by atoms with Crippen LogP contribution in [0.25, 0.3) is 0 Å². The quantitative estimate of drug-likeness (QED) is 0.753. The van der Waals surface area contributed by atoms with E-state index in [1.165, 1.54) is 23.2 Å². The lowest BCUT2D eigenvalue weighted by molar-refractivity contribution is 0.0730. The number of ether oxygens (including phenoxy) is 1. The van der Waals surface area contributed by atoms with E-state index < -0.39 is 10.0 Å². The monoisotopic (exact) mass is 395 g/mol. The van der Waals surface area contributed by atoms with Crippen molar-refractivity contribution in [2.24, 2.45) is 0 Å². The minimum Gasteiger partial charge on any atom is -0.379 e. The van der Waals surface area contributed by atoms with Crippen LogP contribution in [-0.2, 0) is 14.8 Å². The van der Waals surface area contributed by atoms with Crippen LogP contribution in [0.15, 0.2) is 29.2 Å². The Morgan fingerprint density at radius 1 is 1.19 bits per heavy atom. The van der Waals surface area contributed by atoms with Crippen molar-refractivity contribution in [3.05, 3.63) is 29.8 Å². The number of sulfonamides is 1. The number of benzene rings is 1. The molecule has 3 rings (SSSR count). The standard InChI is InChI=1S/C19H29N3O4S/c1-2-17(21-8-3-4-9-21)15-20-19(23)16-6-5-7-18(14-16)27(24,25)22-10-12-26-13-11-22/h5-7,14,17H,2-4,8-13,15H2,1H3,(H,20,23). The van der Waals surface area contributed by atoms with Crippen molar-refractivity contribution in [1.29, 1.82) is 0 Å². The Labute approximate surface area is 161 Å². The Morgan fingerprint density at radius 3 is 2.56 bits per heavy atom. The Morgan fingerprint density at radius 2 is 1.89 bits per heavy atom. The lowest BCUT2D eigenvalue weighted by atomic mass is 10.1. The topological polar surface area (TPSA) is 79.0 Å². The molecule has 2 heterocycles. The fourth-order valence-electron chi connectivity index (χ4n) is 3.68. The lowest BCUT2D eigenvalue weighted by Gasteiger charge is -2.27. The number of amides is 1. The van der Waals surface area contributed by atoms with Crippen molar-refractivity contribution < 1.29 is 17.9 Å². The molecular weight excluding hydrogens is 366 g/mol. The molecule has 2 saturated heterocycles. The van der Waals surface area contributed by atoms with Crippen LogP contribution >= 0.6 is 0 Å². The first-order valence-corrected chi connectivity index (χ1v) is 11.2. The molecule has 1 aromatic carbocycles. The number of likely N-dealkylation sites (tertiary alicyclic amines) is 1. The minimum absolute atomic E-state index is 0.156. The maximum absolute atomic E-state index is 12.8.